The largest absolute Gasteiger partial charge is 0.497 e. The molecule has 34 heavy (non-hydrogen) atoms. The number of likely N-dealkylation sites (N-methyl/N-ethyl adjacent to an activating group) is 1. The monoisotopic (exact) mass is 477 g/mol. The minimum Gasteiger partial charge on any atom is -0.497 e. The van der Waals surface area contributed by atoms with Gasteiger partial charge in [-0.2, -0.15) is 5.26 Å². The summed E-state index contributed by atoms with van der Waals surface area (Å²) in [6.45, 7) is 2.99. The molecule has 2 aromatic carbocycles. The third-order valence-corrected chi connectivity index (χ3v) is 7.13. The predicted molar refractivity (Wildman–Crippen MR) is 132 cm³/mol. The first-order chi connectivity index (χ1) is 16.5. The highest BCUT2D eigenvalue weighted by Crippen LogP contribution is 2.41. The Hall–Kier alpha value is -3.32. The van der Waals surface area contributed by atoms with Gasteiger partial charge in [0.1, 0.15) is 22.4 Å². The molecule has 4 rings (SSSR count). The van der Waals surface area contributed by atoms with Crippen LogP contribution in [0.1, 0.15) is 5.56 Å². The van der Waals surface area contributed by atoms with Crippen molar-refractivity contribution in [2.24, 2.45) is 0 Å². The number of hydrogen-bond donors (Lipinski definition) is 1. The van der Waals surface area contributed by atoms with E-state index in [0.29, 0.717) is 30.2 Å². The summed E-state index contributed by atoms with van der Waals surface area (Å²) in [5, 5.41) is 11.7. The Kier molecular flexibility index (Phi) is 7.53. The predicted octanol–water partition coefficient (Wildman–Crippen LogP) is 2.40. The molecule has 9 heteroatoms. The van der Waals surface area contributed by atoms with E-state index in [2.05, 4.69) is 16.4 Å². The molecular formula is C25H27N5O3S. The first kappa shape index (κ1) is 23.8. The van der Waals surface area contributed by atoms with Gasteiger partial charge in [-0.25, -0.2) is 5.01 Å². The number of carbonyl (C=O) groups is 2. The highest BCUT2D eigenvalue weighted by atomic mass is 32.2. The Balaban J connectivity index is 1.62. The molecule has 2 aromatic rings. The van der Waals surface area contributed by atoms with Gasteiger partial charge in [-0.3, -0.25) is 19.9 Å². The van der Waals surface area contributed by atoms with Gasteiger partial charge < -0.3 is 9.64 Å². The number of thioether (sulfide) groups is 1. The summed E-state index contributed by atoms with van der Waals surface area (Å²) in [7, 11) is 3.64. The van der Waals surface area contributed by atoms with Crippen molar-refractivity contribution in [1.29, 1.82) is 5.26 Å². The maximum absolute atomic E-state index is 13.5. The number of anilines is 1. The number of piperazine rings is 1. The molecule has 0 spiro atoms. The fourth-order valence-electron chi connectivity index (χ4n) is 3.89. The Morgan fingerprint density at radius 2 is 1.79 bits per heavy atom. The van der Waals surface area contributed by atoms with E-state index >= 15 is 0 Å². The molecule has 2 fully saturated rings. The number of methoxy groups -OCH3 is 1. The van der Waals surface area contributed by atoms with E-state index in [9.17, 15) is 14.9 Å². The maximum atomic E-state index is 13.5. The number of hydrazine groups is 1. The van der Waals surface area contributed by atoms with Crippen LogP contribution in [0, 0.1) is 11.3 Å². The van der Waals surface area contributed by atoms with E-state index in [-0.39, 0.29) is 11.5 Å². The lowest BCUT2D eigenvalue weighted by molar-refractivity contribution is -0.122. The Labute approximate surface area is 203 Å². The molecule has 2 aliphatic rings. The number of benzene rings is 2. The summed E-state index contributed by atoms with van der Waals surface area (Å²) < 4.78 is 5.22. The number of para-hydroxylation sites is 1. The van der Waals surface area contributed by atoms with Crippen molar-refractivity contribution in [2.45, 2.75) is 11.7 Å². The second-order valence-corrected chi connectivity index (χ2v) is 9.38. The van der Waals surface area contributed by atoms with Gasteiger partial charge in [-0.05, 0) is 43.3 Å². The van der Waals surface area contributed by atoms with Crippen LogP contribution in [0.4, 0.5) is 5.69 Å². The highest BCUT2D eigenvalue weighted by molar-refractivity contribution is 8.05. The van der Waals surface area contributed by atoms with Crippen LogP contribution in [-0.2, 0) is 16.0 Å². The topological polar surface area (TPSA) is 88.9 Å². The van der Waals surface area contributed by atoms with Crippen molar-refractivity contribution in [3.8, 4) is 11.8 Å². The van der Waals surface area contributed by atoms with Crippen molar-refractivity contribution < 1.29 is 14.3 Å². The lowest BCUT2D eigenvalue weighted by Crippen LogP contribution is -2.53. The molecule has 0 saturated carbocycles. The average Bonchev–Trinajstić information content (AvgIpc) is 3.17. The average molecular weight is 478 g/mol. The summed E-state index contributed by atoms with van der Waals surface area (Å²) in [4.78, 5) is 30.3. The quantitative estimate of drug-likeness (QED) is 0.505. The summed E-state index contributed by atoms with van der Waals surface area (Å²) >= 11 is 1.26. The summed E-state index contributed by atoms with van der Waals surface area (Å²) in [5.41, 5.74) is 4.40. The number of rotatable bonds is 6. The first-order valence-corrected chi connectivity index (χ1v) is 12.0. The van der Waals surface area contributed by atoms with Crippen LogP contribution in [0.15, 0.2) is 65.2 Å². The number of carbonyl (C=O) groups excluding carboxylic acids is 2. The third-order valence-electron chi connectivity index (χ3n) is 5.86. The van der Waals surface area contributed by atoms with Crippen molar-refractivity contribution >= 4 is 29.3 Å². The number of nitrogens with zero attached hydrogens (tertiary/aromatic N) is 4. The molecule has 0 radical (unpaired) electrons. The molecule has 176 valence electrons. The summed E-state index contributed by atoms with van der Waals surface area (Å²) in [5.74, 6) is 0.100. The Bertz CT molecular complexity index is 1110. The van der Waals surface area contributed by atoms with Crippen molar-refractivity contribution in [2.75, 3.05) is 45.2 Å². The van der Waals surface area contributed by atoms with E-state index in [4.69, 9.17) is 4.74 Å². The lowest BCUT2D eigenvalue weighted by Gasteiger charge is -2.32. The zero-order chi connectivity index (χ0) is 24.1. The summed E-state index contributed by atoms with van der Waals surface area (Å²) in [6, 6.07) is 18.8. The molecule has 2 amide bonds. The van der Waals surface area contributed by atoms with E-state index in [1.807, 2.05) is 66.7 Å². The fraction of sp³-hybridized carbons (Fsp3) is 0.320. The van der Waals surface area contributed by atoms with Gasteiger partial charge in [0.25, 0.3) is 5.91 Å². The Morgan fingerprint density at radius 1 is 1.12 bits per heavy atom. The maximum Gasteiger partial charge on any atom is 0.278 e. The van der Waals surface area contributed by atoms with Gasteiger partial charge in [0.05, 0.1) is 12.4 Å². The van der Waals surface area contributed by atoms with Crippen LogP contribution < -0.4 is 15.1 Å². The lowest BCUT2D eigenvalue weighted by atomic mass is 10.1. The smallest absolute Gasteiger partial charge is 0.278 e. The number of hydrogen-bond acceptors (Lipinski definition) is 7. The number of nitriles is 1. The van der Waals surface area contributed by atoms with Gasteiger partial charge in [0, 0.05) is 31.9 Å². The SMILES string of the molecule is COc1ccc(CC2SC(=C(C#N)C(=O)NN3CCN(C)CC3)N(c3ccccc3)C2=O)cc1. The van der Waals surface area contributed by atoms with Gasteiger partial charge in [0.15, 0.2) is 0 Å². The second-order valence-electron chi connectivity index (χ2n) is 8.19. The van der Waals surface area contributed by atoms with Crippen molar-refractivity contribution in [3.63, 3.8) is 0 Å². The molecule has 1 N–H and O–H groups in total. The van der Waals surface area contributed by atoms with E-state index < -0.39 is 11.2 Å². The zero-order valence-corrected chi connectivity index (χ0v) is 20.0. The van der Waals surface area contributed by atoms with Crippen LogP contribution >= 0.6 is 11.8 Å². The molecule has 0 aromatic heterocycles. The first-order valence-electron chi connectivity index (χ1n) is 11.1. The Morgan fingerprint density at radius 3 is 2.41 bits per heavy atom. The molecule has 0 bridgehead atoms. The molecule has 2 aliphatic heterocycles. The molecule has 1 unspecified atom stereocenters. The van der Waals surface area contributed by atoms with E-state index in [1.54, 1.807) is 7.11 Å². The standard InChI is InChI=1S/C25H27N5O3S/c1-28-12-14-29(15-13-28)27-23(31)21(17-26)25-30(19-6-4-3-5-7-19)24(32)22(34-25)16-18-8-10-20(33-2)11-9-18/h3-11,22H,12-16H2,1-2H3,(H,27,31). The van der Waals surface area contributed by atoms with Gasteiger partial charge in [-0.15, -0.1) is 0 Å². The van der Waals surface area contributed by atoms with Gasteiger partial charge in [-0.1, -0.05) is 42.1 Å². The van der Waals surface area contributed by atoms with Crippen molar-refractivity contribution in [3.05, 3.63) is 70.8 Å². The van der Waals surface area contributed by atoms with Crippen LogP contribution in [-0.4, -0.2) is 67.3 Å². The molecule has 2 heterocycles. The van der Waals surface area contributed by atoms with Crippen molar-refractivity contribution in [1.82, 2.24) is 15.3 Å². The molecule has 0 aliphatic carbocycles. The van der Waals surface area contributed by atoms with Crippen LogP contribution in [0.2, 0.25) is 0 Å². The molecular weight excluding hydrogens is 450 g/mol. The zero-order valence-electron chi connectivity index (χ0n) is 19.2. The number of amides is 2. The number of nitrogens with one attached hydrogen (secondary N) is 1. The minimum absolute atomic E-state index is 0.0571. The number of ether oxygens (including phenoxy) is 1. The van der Waals surface area contributed by atoms with Crippen LogP contribution in [0.5, 0.6) is 5.75 Å². The van der Waals surface area contributed by atoms with Gasteiger partial charge >= 0.3 is 0 Å². The normalized spacial score (nSPS) is 20.7. The van der Waals surface area contributed by atoms with E-state index in [0.717, 1.165) is 24.4 Å². The molecule has 1 atom stereocenters. The van der Waals surface area contributed by atoms with Crippen LogP contribution in [0.3, 0.4) is 0 Å². The third kappa shape index (κ3) is 5.25. The summed E-state index contributed by atoms with van der Waals surface area (Å²) in [6.07, 6.45) is 0.471. The highest BCUT2D eigenvalue weighted by Gasteiger charge is 2.41. The second kappa shape index (κ2) is 10.7. The fourth-order valence-corrected chi connectivity index (χ4v) is 5.20. The minimum atomic E-state index is -0.492. The molecule has 8 nitrogen and oxygen atoms in total. The van der Waals surface area contributed by atoms with Crippen LogP contribution in [0.25, 0.3) is 0 Å². The van der Waals surface area contributed by atoms with Gasteiger partial charge in [0.2, 0.25) is 5.91 Å². The molecule has 2 saturated heterocycles. The van der Waals surface area contributed by atoms with E-state index in [1.165, 1.54) is 16.7 Å².